The van der Waals surface area contributed by atoms with Crippen LogP contribution in [-0.4, -0.2) is 13.3 Å². The molecule has 0 radical (unpaired) electrons. The summed E-state index contributed by atoms with van der Waals surface area (Å²) in [6.07, 6.45) is 8.50. The SMILES string of the molecule is C#C/C(C)=C\C=NC. The second-order valence-electron chi connectivity index (χ2n) is 1.40. The van der Waals surface area contributed by atoms with Crippen molar-refractivity contribution in [3.8, 4) is 12.3 Å². The van der Waals surface area contributed by atoms with Gasteiger partial charge >= 0.3 is 0 Å². The van der Waals surface area contributed by atoms with E-state index in [1.54, 1.807) is 19.3 Å². The van der Waals surface area contributed by atoms with Crippen molar-refractivity contribution >= 4 is 6.21 Å². The second-order valence-corrected chi connectivity index (χ2v) is 1.40. The Kier molecular flexibility index (Phi) is 3.60. The van der Waals surface area contributed by atoms with Crippen LogP contribution in [0, 0.1) is 12.3 Å². The van der Waals surface area contributed by atoms with Gasteiger partial charge in [0, 0.05) is 18.8 Å². The highest BCUT2D eigenvalue weighted by Crippen LogP contribution is 1.83. The number of rotatable bonds is 1. The van der Waals surface area contributed by atoms with E-state index in [9.17, 15) is 0 Å². The lowest BCUT2D eigenvalue weighted by atomic mass is 10.3. The molecule has 0 aliphatic heterocycles. The van der Waals surface area contributed by atoms with E-state index in [0.29, 0.717) is 0 Å². The summed E-state index contributed by atoms with van der Waals surface area (Å²) in [6.45, 7) is 1.86. The highest BCUT2D eigenvalue weighted by atomic mass is 14.6. The molecule has 1 nitrogen and oxygen atoms in total. The van der Waals surface area contributed by atoms with Gasteiger partial charge in [-0.1, -0.05) is 5.92 Å². The van der Waals surface area contributed by atoms with E-state index in [0.717, 1.165) is 5.57 Å². The van der Waals surface area contributed by atoms with Crippen molar-refractivity contribution in [1.82, 2.24) is 0 Å². The largest absolute Gasteiger partial charge is 0.296 e. The summed E-state index contributed by atoms with van der Waals surface area (Å²) >= 11 is 0. The van der Waals surface area contributed by atoms with Crippen LogP contribution in [0.4, 0.5) is 0 Å². The molecule has 0 aromatic carbocycles. The second kappa shape index (κ2) is 4.14. The third kappa shape index (κ3) is 3.17. The van der Waals surface area contributed by atoms with E-state index in [4.69, 9.17) is 6.42 Å². The van der Waals surface area contributed by atoms with Crippen LogP contribution in [0.25, 0.3) is 0 Å². The molecule has 0 atom stereocenters. The summed E-state index contributed by atoms with van der Waals surface area (Å²) in [5.41, 5.74) is 0.899. The maximum Gasteiger partial charge on any atom is 0.0277 e. The normalized spacial score (nSPS) is 11.9. The predicted molar refractivity (Wildman–Crippen MR) is 37.0 cm³/mol. The van der Waals surface area contributed by atoms with Gasteiger partial charge in [-0.05, 0) is 13.0 Å². The molecule has 0 heterocycles. The minimum absolute atomic E-state index is 0.899. The number of allylic oxidation sites excluding steroid dienone is 2. The molecule has 0 N–H and O–H groups in total. The molecule has 0 saturated carbocycles. The van der Waals surface area contributed by atoms with Crippen molar-refractivity contribution in [1.29, 1.82) is 0 Å². The molecule has 8 heavy (non-hydrogen) atoms. The zero-order chi connectivity index (χ0) is 6.41. The molecule has 0 aliphatic carbocycles. The zero-order valence-electron chi connectivity index (χ0n) is 5.18. The quantitative estimate of drug-likeness (QED) is 0.353. The van der Waals surface area contributed by atoms with Crippen LogP contribution < -0.4 is 0 Å². The van der Waals surface area contributed by atoms with Crippen LogP contribution in [0.2, 0.25) is 0 Å². The maximum absolute atomic E-state index is 5.03. The van der Waals surface area contributed by atoms with Crippen molar-refractivity contribution in [2.45, 2.75) is 6.92 Å². The van der Waals surface area contributed by atoms with E-state index in [1.807, 2.05) is 6.92 Å². The molecule has 0 rings (SSSR count). The van der Waals surface area contributed by atoms with Crippen molar-refractivity contribution in [3.05, 3.63) is 11.6 Å². The average Bonchev–Trinajstić information content (AvgIpc) is 1.83. The Bertz CT molecular complexity index is 146. The fraction of sp³-hybridized carbons (Fsp3) is 0.286. The number of terminal acetylenes is 1. The van der Waals surface area contributed by atoms with Gasteiger partial charge in [0.2, 0.25) is 0 Å². The fourth-order valence-electron chi connectivity index (χ4n) is 0.234. The highest BCUT2D eigenvalue weighted by molar-refractivity contribution is 5.73. The molecule has 42 valence electrons. The Morgan fingerprint density at radius 2 is 2.38 bits per heavy atom. The van der Waals surface area contributed by atoms with E-state index in [2.05, 4.69) is 10.9 Å². The summed E-state index contributed by atoms with van der Waals surface area (Å²) < 4.78 is 0. The Balaban J connectivity index is 3.81. The maximum atomic E-state index is 5.03. The Morgan fingerprint density at radius 1 is 1.75 bits per heavy atom. The zero-order valence-corrected chi connectivity index (χ0v) is 5.18. The summed E-state index contributed by atoms with van der Waals surface area (Å²) in [7, 11) is 1.71. The van der Waals surface area contributed by atoms with Crippen LogP contribution in [-0.2, 0) is 0 Å². The van der Waals surface area contributed by atoms with Crippen LogP contribution in [0.15, 0.2) is 16.6 Å². The average molecular weight is 107 g/mol. The first kappa shape index (κ1) is 6.97. The van der Waals surface area contributed by atoms with Gasteiger partial charge in [-0.15, -0.1) is 6.42 Å². The van der Waals surface area contributed by atoms with Crippen LogP contribution in [0.3, 0.4) is 0 Å². The van der Waals surface area contributed by atoms with Crippen molar-refractivity contribution in [3.63, 3.8) is 0 Å². The molecule has 0 spiro atoms. The molecular formula is C7H9N. The fourth-order valence-corrected chi connectivity index (χ4v) is 0.234. The van der Waals surface area contributed by atoms with Gasteiger partial charge < -0.3 is 0 Å². The molecule has 0 fully saturated rings. The predicted octanol–water partition coefficient (Wildman–Crippen LogP) is 1.27. The van der Waals surface area contributed by atoms with Gasteiger partial charge in [0.1, 0.15) is 0 Å². The minimum Gasteiger partial charge on any atom is -0.296 e. The molecule has 0 unspecified atom stereocenters. The summed E-state index contributed by atoms with van der Waals surface area (Å²) in [5.74, 6) is 2.47. The molecule has 0 aromatic rings. The van der Waals surface area contributed by atoms with E-state index < -0.39 is 0 Å². The molecule has 1 heteroatoms. The monoisotopic (exact) mass is 107 g/mol. The topological polar surface area (TPSA) is 12.4 Å². The Hall–Kier alpha value is -1.03. The van der Waals surface area contributed by atoms with E-state index in [-0.39, 0.29) is 0 Å². The van der Waals surface area contributed by atoms with Gasteiger partial charge in [-0.25, -0.2) is 0 Å². The van der Waals surface area contributed by atoms with Gasteiger partial charge in [-0.2, -0.15) is 0 Å². The lowest BCUT2D eigenvalue weighted by Crippen LogP contribution is -1.68. The number of hydrogen-bond acceptors (Lipinski definition) is 1. The van der Waals surface area contributed by atoms with E-state index >= 15 is 0 Å². The smallest absolute Gasteiger partial charge is 0.0277 e. The molecule has 0 amide bonds. The Labute approximate surface area is 50.1 Å². The van der Waals surface area contributed by atoms with Crippen LogP contribution >= 0.6 is 0 Å². The van der Waals surface area contributed by atoms with Crippen LogP contribution in [0.1, 0.15) is 6.92 Å². The van der Waals surface area contributed by atoms with Gasteiger partial charge in [0.25, 0.3) is 0 Å². The lowest BCUT2D eigenvalue weighted by Gasteiger charge is -1.77. The number of nitrogens with zero attached hydrogens (tertiary/aromatic N) is 1. The summed E-state index contributed by atoms with van der Waals surface area (Å²) in [5, 5.41) is 0. The summed E-state index contributed by atoms with van der Waals surface area (Å²) in [4.78, 5) is 3.73. The number of hydrogen-bond donors (Lipinski definition) is 0. The molecule has 0 bridgehead atoms. The molecule has 0 saturated heterocycles. The first-order valence-electron chi connectivity index (χ1n) is 2.37. The molecule has 0 aliphatic rings. The number of aliphatic imine (C=N–C) groups is 1. The Morgan fingerprint density at radius 3 is 2.75 bits per heavy atom. The van der Waals surface area contributed by atoms with Crippen LogP contribution in [0.5, 0.6) is 0 Å². The lowest BCUT2D eigenvalue weighted by molar-refractivity contribution is 1.47. The van der Waals surface area contributed by atoms with Gasteiger partial charge in [0.05, 0.1) is 0 Å². The van der Waals surface area contributed by atoms with Crippen molar-refractivity contribution in [2.75, 3.05) is 7.05 Å². The van der Waals surface area contributed by atoms with Gasteiger partial charge in [0.15, 0.2) is 0 Å². The standard InChI is InChI=1S/C7H9N/c1-4-7(2)5-6-8-3/h1,5-6H,2-3H3/b7-5-,8-6?. The molecular weight excluding hydrogens is 98.1 g/mol. The highest BCUT2D eigenvalue weighted by Gasteiger charge is 1.71. The van der Waals surface area contributed by atoms with Gasteiger partial charge in [-0.3, -0.25) is 4.99 Å². The van der Waals surface area contributed by atoms with Crippen molar-refractivity contribution in [2.24, 2.45) is 4.99 Å². The summed E-state index contributed by atoms with van der Waals surface area (Å²) in [6, 6.07) is 0. The first-order valence-corrected chi connectivity index (χ1v) is 2.37. The third-order valence-corrected chi connectivity index (χ3v) is 0.701. The molecule has 0 aromatic heterocycles. The van der Waals surface area contributed by atoms with Crippen molar-refractivity contribution < 1.29 is 0 Å². The first-order chi connectivity index (χ1) is 3.81. The third-order valence-electron chi connectivity index (χ3n) is 0.701. The van der Waals surface area contributed by atoms with E-state index in [1.165, 1.54) is 0 Å². The minimum atomic E-state index is 0.899.